The Balaban J connectivity index is 1.67. The number of aryl methyl sites for hydroxylation is 1. The monoisotopic (exact) mass is 390 g/mol. The van der Waals surface area contributed by atoms with Gasteiger partial charge in [-0.1, -0.05) is 29.8 Å². The lowest BCUT2D eigenvalue weighted by Crippen LogP contribution is -1.97. The third-order valence-electron chi connectivity index (χ3n) is 3.42. The van der Waals surface area contributed by atoms with Gasteiger partial charge in [0.15, 0.2) is 5.78 Å². The molecule has 128 valence electrons. The number of hydrogen-bond acceptors (Lipinski definition) is 6. The summed E-state index contributed by atoms with van der Waals surface area (Å²) in [6, 6.07) is 7.30. The second-order valence-corrected chi connectivity index (χ2v) is 7.80. The third kappa shape index (κ3) is 4.61. The number of carbonyl (C=O) groups is 1. The highest BCUT2D eigenvalue weighted by atomic mass is 35.5. The predicted molar refractivity (Wildman–Crippen MR) is 103 cm³/mol. The highest BCUT2D eigenvalue weighted by Crippen LogP contribution is 2.31. The molecule has 0 saturated heterocycles. The molecule has 0 spiro atoms. The molecule has 0 atom stereocenters. The second-order valence-electron chi connectivity index (χ2n) is 5.33. The molecule has 7 heteroatoms. The van der Waals surface area contributed by atoms with Crippen molar-refractivity contribution >= 4 is 46.1 Å². The molecule has 2 heterocycles. The quantitative estimate of drug-likeness (QED) is 0.627. The molecule has 3 rings (SSSR count). The maximum Gasteiger partial charge on any atom is 0.162 e. The predicted octanol–water partition coefficient (Wildman–Crippen LogP) is 4.55. The molecule has 4 nitrogen and oxygen atoms in total. The van der Waals surface area contributed by atoms with E-state index in [2.05, 4.69) is 9.97 Å². The Morgan fingerprint density at radius 1 is 1.24 bits per heavy atom. The number of hydrogen-bond donors (Lipinski definition) is 1. The molecule has 0 fully saturated rings. The second kappa shape index (κ2) is 8.01. The number of aliphatic hydroxyl groups excluding tert-OH is 1. The number of halogens is 1. The Labute approximate surface area is 158 Å². The molecular formula is C18H15ClN2O2S2. The summed E-state index contributed by atoms with van der Waals surface area (Å²) in [5.74, 6) is -0.00655. The lowest BCUT2D eigenvalue weighted by molar-refractivity contribution is -0.113. The van der Waals surface area contributed by atoms with Gasteiger partial charge < -0.3 is 5.11 Å². The average molecular weight is 391 g/mol. The van der Waals surface area contributed by atoms with Crippen LogP contribution in [0.3, 0.4) is 0 Å². The van der Waals surface area contributed by atoms with Crippen LogP contribution in [-0.2, 0) is 17.8 Å². The van der Waals surface area contributed by atoms with Crippen molar-refractivity contribution in [3.8, 4) is 10.6 Å². The first-order chi connectivity index (χ1) is 12.0. The van der Waals surface area contributed by atoms with Gasteiger partial charge in [-0.3, -0.25) is 4.79 Å². The molecule has 0 bridgehead atoms. The highest BCUT2D eigenvalue weighted by Gasteiger charge is 2.13. The molecule has 25 heavy (non-hydrogen) atoms. The summed E-state index contributed by atoms with van der Waals surface area (Å²) in [7, 11) is 0. The van der Waals surface area contributed by atoms with Crippen LogP contribution >= 0.6 is 34.3 Å². The van der Waals surface area contributed by atoms with E-state index in [4.69, 9.17) is 11.6 Å². The van der Waals surface area contributed by atoms with Crippen molar-refractivity contribution in [1.82, 2.24) is 9.97 Å². The standard InChI is InChI=1S/C18H15ClN2O2S2/c1-11-18(25-17(9-22)20-11)15-10-24-16(21-15)8-14(23)7-4-12-2-5-13(19)6-3-12/h2-7,10,22H,8-9H2,1H3/b7-4+. The first-order valence-electron chi connectivity index (χ1n) is 7.53. The first-order valence-corrected chi connectivity index (χ1v) is 9.61. The van der Waals surface area contributed by atoms with E-state index in [1.807, 2.05) is 24.4 Å². The number of rotatable bonds is 6. The minimum absolute atomic E-state index is 0.00655. The summed E-state index contributed by atoms with van der Waals surface area (Å²) < 4.78 is 0. The van der Waals surface area contributed by atoms with Gasteiger partial charge in [-0.25, -0.2) is 9.97 Å². The highest BCUT2D eigenvalue weighted by molar-refractivity contribution is 7.16. The molecule has 3 aromatic rings. The fraction of sp³-hybridized carbons (Fsp3) is 0.167. The Bertz CT molecular complexity index is 914. The molecule has 0 aliphatic heterocycles. The number of allylic oxidation sites excluding steroid dienone is 1. The van der Waals surface area contributed by atoms with E-state index in [1.165, 1.54) is 22.7 Å². The molecule has 1 N–H and O–H groups in total. The summed E-state index contributed by atoms with van der Waals surface area (Å²) in [5, 5.41) is 13.2. The number of carbonyl (C=O) groups excluding carboxylic acids is 1. The van der Waals surface area contributed by atoms with Gasteiger partial charge in [-0.05, 0) is 30.7 Å². The molecule has 0 aliphatic carbocycles. The molecular weight excluding hydrogens is 376 g/mol. The summed E-state index contributed by atoms with van der Waals surface area (Å²) in [6.45, 7) is 1.82. The summed E-state index contributed by atoms with van der Waals surface area (Å²) in [5.41, 5.74) is 2.58. The zero-order valence-electron chi connectivity index (χ0n) is 13.4. The summed E-state index contributed by atoms with van der Waals surface area (Å²) >= 11 is 8.72. The van der Waals surface area contributed by atoms with Crippen molar-refractivity contribution in [2.45, 2.75) is 20.0 Å². The number of aromatic nitrogens is 2. The zero-order valence-corrected chi connectivity index (χ0v) is 15.8. The van der Waals surface area contributed by atoms with E-state index in [-0.39, 0.29) is 18.8 Å². The van der Waals surface area contributed by atoms with E-state index in [0.717, 1.165) is 26.8 Å². The van der Waals surface area contributed by atoms with Crippen molar-refractivity contribution in [2.75, 3.05) is 0 Å². The van der Waals surface area contributed by atoms with Gasteiger partial charge in [0.05, 0.1) is 29.3 Å². The molecule has 0 unspecified atom stereocenters. The van der Waals surface area contributed by atoms with Gasteiger partial charge in [-0.2, -0.15) is 0 Å². The lowest BCUT2D eigenvalue weighted by Gasteiger charge is -1.94. The zero-order chi connectivity index (χ0) is 17.8. The topological polar surface area (TPSA) is 63.1 Å². The molecule has 1 aromatic carbocycles. The van der Waals surface area contributed by atoms with Crippen LogP contribution in [0.25, 0.3) is 16.6 Å². The SMILES string of the molecule is Cc1nc(CO)sc1-c1csc(CC(=O)/C=C/c2ccc(Cl)cc2)n1. The van der Waals surface area contributed by atoms with Crippen LogP contribution in [0.4, 0.5) is 0 Å². The molecule has 2 aromatic heterocycles. The number of ketones is 1. The fourth-order valence-electron chi connectivity index (χ4n) is 2.22. The van der Waals surface area contributed by atoms with Crippen molar-refractivity contribution in [3.05, 3.63) is 62.0 Å². The summed E-state index contributed by atoms with van der Waals surface area (Å²) in [4.78, 5) is 21.9. The Morgan fingerprint density at radius 2 is 2.00 bits per heavy atom. The number of aliphatic hydroxyl groups is 1. The minimum Gasteiger partial charge on any atom is -0.389 e. The number of thiazole rings is 2. The lowest BCUT2D eigenvalue weighted by atomic mass is 10.2. The van der Waals surface area contributed by atoms with E-state index in [0.29, 0.717) is 10.0 Å². The van der Waals surface area contributed by atoms with Crippen molar-refractivity contribution in [2.24, 2.45) is 0 Å². The van der Waals surface area contributed by atoms with Crippen LogP contribution in [0.15, 0.2) is 35.7 Å². The van der Waals surface area contributed by atoms with Crippen LogP contribution in [0.5, 0.6) is 0 Å². The summed E-state index contributed by atoms with van der Waals surface area (Å²) in [6.07, 6.45) is 3.60. The largest absolute Gasteiger partial charge is 0.389 e. The molecule has 0 amide bonds. The van der Waals surface area contributed by atoms with E-state index >= 15 is 0 Å². The van der Waals surface area contributed by atoms with Crippen LogP contribution in [-0.4, -0.2) is 20.9 Å². The maximum absolute atomic E-state index is 12.1. The van der Waals surface area contributed by atoms with Gasteiger partial charge in [0.2, 0.25) is 0 Å². The molecule has 0 radical (unpaired) electrons. The van der Waals surface area contributed by atoms with Gasteiger partial charge >= 0.3 is 0 Å². The normalized spacial score (nSPS) is 11.3. The third-order valence-corrected chi connectivity index (χ3v) is 5.68. The number of nitrogens with zero attached hydrogens (tertiary/aromatic N) is 2. The van der Waals surface area contributed by atoms with Gasteiger partial charge in [-0.15, -0.1) is 22.7 Å². The van der Waals surface area contributed by atoms with Crippen LogP contribution < -0.4 is 0 Å². The van der Waals surface area contributed by atoms with Gasteiger partial charge in [0.1, 0.15) is 10.0 Å². The van der Waals surface area contributed by atoms with E-state index in [1.54, 1.807) is 24.3 Å². The van der Waals surface area contributed by atoms with Crippen molar-refractivity contribution < 1.29 is 9.90 Å². The van der Waals surface area contributed by atoms with E-state index in [9.17, 15) is 9.90 Å². The van der Waals surface area contributed by atoms with Gasteiger partial charge in [0, 0.05) is 10.4 Å². The molecule has 0 aliphatic rings. The Kier molecular flexibility index (Phi) is 5.75. The minimum atomic E-state index is -0.0729. The molecule has 0 saturated carbocycles. The van der Waals surface area contributed by atoms with Crippen LogP contribution in [0, 0.1) is 6.92 Å². The smallest absolute Gasteiger partial charge is 0.162 e. The van der Waals surface area contributed by atoms with Crippen LogP contribution in [0.1, 0.15) is 21.3 Å². The Hall–Kier alpha value is -1.86. The van der Waals surface area contributed by atoms with E-state index < -0.39 is 0 Å². The fourth-order valence-corrected chi connectivity index (χ4v) is 4.11. The van der Waals surface area contributed by atoms with Crippen molar-refractivity contribution in [1.29, 1.82) is 0 Å². The maximum atomic E-state index is 12.1. The Morgan fingerprint density at radius 3 is 2.68 bits per heavy atom. The number of benzene rings is 1. The van der Waals surface area contributed by atoms with Gasteiger partial charge in [0.25, 0.3) is 0 Å². The average Bonchev–Trinajstić information content (AvgIpc) is 3.20. The first kappa shape index (κ1) is 17.9. The van der Waals surface area contributed by atoms with Crippen LogP contribution in [0.2, 0.25) is 5.02 Å². The van der Waals surface area contributed by atoms with Crippen molar-refractivity contribution in [3.63, 3.8) is 0 Å².